The maximum absolute atomic E-state index is 13.1. The van der Waals surface area contributed by atoms with Crippen molar-refractivity contribution in [2.75, 3.05) is 11.5 Å². The molecule has 0 radical (unpaired) electrons. The lowest BCUT2D eigenvalue weighted by molar-refractivity contribution is -0.132. The van der Waals surface area contributed by atoms with E-state index in [1.54, 1.807) is 42.5 Å². The quantitative estimate of drug-likeness (QED) is 0.266. The van der Waals surface area contributed by atoms with E-state index in [0.717, 1.165) is 16.5 Å². The monoisotopic (exact) mass is 491 g/mol. The van der Waals surface area contributed by atoms with E-state index in [0.29, 0.717) is 23.6 Å². The van der Waals surface area contributed by atoms with E-state index >= 15 is 0 Å². The molecule has 1 aliphatic heterocycles. The summed E-state index contributed by atoms with van der Waals surface area (Å²) in [4.78, 5) is 27.7. The highest BCUT2D eigenvalue weighted by atomic mass is 79.9. The number of anilines is 1. The van der Waals surface area contributed by atoms with Crippen LogP contribution < -0.4 is 9.64 Å². The number of ketones is 1. The summed E-state index contributed by atoms with van der Waals surface area (Å²) in [5.41, 5.74) is 1.80. The normalized spacial score (nSPS) is 17.6. The van der Waals surface area contributed by atoms with Crippen molar-refractivity contribution in [2.24, 2.45) is 0 Å². The predicted octanol–water partition coefficient (Wildman–Crippen LogP) is 5.86. The van der Waals surface area contributed by atoms with Gasteiger partial charge >= 0.3 is 0 Å². The smallest absolute Gasteiger partial charge is 0.300 e. The van der Waals surface area contributed by atoms with Crippen LogP contribution in [0, 0.1) is 0 Å². The molecule has 1 atom stereocenters. The van der Waals surface area contributed by atoms with E-state index in [1.165, 1.54) is 4.90 Å². The average molecular weight is 492 g/mol. The molecule has 3 aromatic rings. The second kappa shape index (κ2) is 9.40. The maximum Gasteiger partial charge on any atom is 0.300 e. The first-order chi connectivity index (χ1) is 15.5. The van der Waals surface area contributed by atoms with Crippen LogP contribution in [0.1, 0.15) is 30.5 Å². The molecule has 0 aliphatic carbocycles. The van der Waals surface area contributed by atoms with Gasteiger partial charge in [0, 0.05) is 15.7 Å². The van der Waals surface area contributed by atoms with Crippen LogP contribution in [0.25, 0.3) is 5.76 Å². The number of ether oxygens (including phenoxy) is 1. The third-order valence-corrected chi connectivity index (χ3v) is 5.74. The van der Waals surface area contributed by atoms with Crippen LogP contribution >= 0.6 is 15.9 Å². The van der Waals surface area contributed by atoms with Gasteiger partial charge in [-0.1, -0.05) is 59.3 Å². The molecule has 162 valence electrons. The fraction of sp³-hybridized carbons (Fsp3) is 0.154. The number of aliphatic hydroxyl groups excluding tert-OH is 1. The number of rotatable bonds is 6. The Morgan fingerprint density at radius 1 is 1.00 bits per heavy atom. The molecule has 0 spiro atoms. The van der Waals surface area contributed by atoms with Gasteiger partial charge in [0.2, 0.25) is 0 Å². The van der Waals surface area contributed by atoms with Gasteiger partial charge in [0.05, 0.1) is 18.2 Å². The molecule has 1 amide bonds. The Hall–Kier alpha value is -3.38. The van der Waals surface area contributed by atoms with Crippen molar-refractivity contribution in [3.8, 4) is 5.75 Å². The third-order valence-electron chi connectivity index (χ3n) is 5.25. The molecular formula is C26H22BrNO4. The van der Waals surface area contributed by atoms with Crippen LogP contribution in [0.5, 0.6) is 5.75 Å². The molecular weight excluding hydrogens is 470 g/mol. The highest BCUT2D eigenvalue weighted by molar-refractivity contribution is 9.10. The fourth-order valence-electron chi connectivity index (χ4n) is 3.76. The summed E-state index contributed by atoms with van der Waals surface area (Å²) < 4.78 is 6.38. The largest absolute Gasteiger partial charge is 0.507 e. The number of aliphatic hydroxyl groups is 1. The van der Waals surface area contributed by atoms with Crippen LogP contribution in [-0.4, -0.2) is 23.4 Å². The van der Waals surface area contributed by atoms with Gasteiger partial charge < -0.3 is 9.84 Å². The first-order valence-corrected chi connectivity index (χ1v) is 11.1. The number of carbonyl (C=O) groups excluding carboxylic acids is 2. The van der Waals surface area contributed by atoms with Crippen molar-refractivity contribution < 1.29 is 19.4 Å². The van der Waals surface area contributed by atoms with Crippen LogP contribution in [0.3, 0.4) is 0 Å². The summed E-state index contributed by atoms with van der Waals surface area (Å²) in [7, 11) is 0. The Balaban J connectivity index is 1.84. The van der Waals surface area contributed by atoms with Gasteiger partial charge in [-0.25, -0.2) is 0 Å². The standard InChI is InChI=1S/C26H22BrNO4/c1-2-15-32-21-13-11-18(12-14-21)24(29)22-23(17-7-4-3-5-8-17)28(26(31)25(22)30)20-10-6-9-19(27)16-20/h3-14,16,23,29H,2,15H2,1H3/b24-22+. The zero-order valence-electron chi connectivity index (χ0n) is 17.5. The number of halogens is 1. The molecule has 1 heterocycles. The SMILES string of the molecule is CCCOc1ccc(/C(O)=C2\C(=O)C(=O)N(c3cccc(Br)c3)C2c2ccccc2)cc1. The van der Waals surface area contributed by atoms with Crippen molar-refractivity contribution in [3.63, 3.8) is 0 Å². The molecule has 3 aromatic carbocycles. The zero-order chi connectivity index (χ0) is 22.7. The van der Waals surface area contributed by atoms with Gasteiger partial charge in [0.1, 0.15) is 11.5 Å². The molecule has 1 N–H and O–H groups in total. The number of Topliss-reactive ketones (excluding diaryl/α,β-unsaturated/α-hetero) is 1. The summed E-state index contributed by atoms with van der Waals surface area (Å²) in [5.74, 6) is -0.932. The highest BCUT2D eigenvalue weighted by Gasteiger charge is 2.46. The fourth-order valence-corrected chi connectivity index (χ4v) is 4.15. The number of amides is 1. The van der Waals surface area contributed by atoms with Gasteiger partial charge in [-0.15, -0.1) is 0 Å². The Morgan fingerprint density at radius 3 is 2.38 bits per heavy atom. The molecule has 4 rings (SSSR count). The van der Waals surface area contributed by atoms with Crippen molar-refractivity contribution in [1.82, 2.24) is 0 Å². The first-order valence-electron chi connectivity index (χ1n) is 10.4. The predicted molar refractivity (Wildman–Crippen MR) is 128 cm³/mol. The molecule has 5 nitrogen and oxygen atoms in total. The Morgan fingerprint density at radius 2 is 1.72 bits per heavy atom. The topological polar surface area (TPSA) is 66.8 Å². The Kier molecular flexibility index (Phi) is 6.42. The third kappa shape index (κ3) is 4.18. The minimum atomic E-state index is -0.749. The maximum atomic E-state index is 13.1. The second-order valence-electron chi connectivity index (χ2n) is 7.43. The van der Waals surface area contributed by atoms with Crippen LogP contribution in [0.4, 0.5) is 5.69 Å². The number of benzene rings is 3. The van der Waals surface area contributed by atoms with Crippen LogP contribution in [0.15, 0.2) is 88.9 Å². The molecule has 0 saturated carbocycles. The van der Waals surface area contributed by atoms with Crippen molar-refractivity contribution in [1.29, 1.82) is 0 Å². The average Bonchev–Trinajstić information content (AvgIpc) is 3.08. The number of carbonyl (C=O) groups is 2. The summed E-state index contributed by atoms with van der Waals surface area (Å²) >= 11 is 3.43. The van der Waals surface area contributed by atoms with E-state index in [2.05, 4.69) is 15.9 Å². The second-order valence-corrected chi connectivity index (χ2v) is 8.35. The van der Waals surface area contributed by atoms with Crippen molar-refractivity contribution in [2.45, 2.75) is 19.4 Å². The molecule has 0 aromatic heterocycles. The van der Waals surface area contributed by atoms with E-state index < -0.39 is 17.7 Å². The van der Waals surface area contributed by atoms with Crippen LogP contribution in [-0.2, 0) is 9.59 Å². The summed E-state index contributed by atoms with van der Waals surface area (Å²) in [5, 5.41) is 11.2. The highest BCUT2D eigenvalue weighted by Crippen LogP contribution is 2.42. The summed E-state index contributed by atoms with van der Waals surface area (Å²) in [6.07, 6.45) is 0.887. The summed E-state index contributed by atoms with van der Waals surface area (Å²) in [6.45, 7) is 2.62. The Labute approximate surface area is 195 Å². The minimum Gasteiger partial charge on any atom is -0.507 e. The lowest BCUT2D eigenvalue weighted by Crippen LogP contribution is -2.29. The molecule has 1 fully saturated rings. The van der Waals surface area contributed by atoms with Gasteiger partial charge in [0.25, 0.3) is 11.7 Å². The molecule has 6 heteroatoms. The number of nitrogens with zero attached hydrogens (tertiary/aromatic N) is 1. The van der Waals surface area contributed by atoms with E-state index in [9.17, 15) is 14.7 Å². The molecule has 1 saturated heterocycles. The molecule has 1 aliphatic rings. The first kappa shape index (κ1) is 21.8. The zero-order valence-corrected chi connectivity index (χ0v) is 19.1. The van der Waals surface area contributed by atoms with Gasteiger partial charge in [0.15, 0.2) is 0 Å². The van der Waals surface area contributed by atoms with Gasteiger partial charge in [-0.05, 0) is 54.4 Å². The lowest BCUT2D eigenvalue weighted by atomic mass is 9.95. The van der Waals surface area contributed by atoms with Crippen LogP contribution in [0.2, 0.25) is 0 Å². The van der Waals surface area contributed by atoms with Crippen molar-refractivity contribution in [3.05, 3.63) is 100 Å². The molecule has 32 heavy (non-hydrogen) atoms. The van der Waals surface area contributed by atoms with Gasteiger partial charge in [-0.2, -0.15) is 0 Å². The molecule has 1 unspecified atom stereocenters. The molecule has 0 bridgehead atoms. The van der Waals surface area contributed by atoms with Crippen molar-refractivity contribution >= 4 is 39.1 Å². The minimum absolute atomic E-state index is 0.0587. The summed E-state index contributed by atoms with van der Waals surface area (Å²) in [6, 6.07) is 22.6. The van der Waals surface area contributed by atoms with E-state index in [1.807, 2.05) is 43.3 Å². The number of hydrogen-bond acceptors (Lipinski definition) is 4. The van der Waals surface area contributed by atoms with E-state index in [-0.39, 0.29) is 11.3 Å². The van der Waals surface area contributed by atoms with Gasteiger partial charge in [-0.3, -0.25) is 14.5 Å². The lowest BCUT2D eigenvalue weighted by Gasteiger charge is -2.25. The Bertz CT molecular complexity index is 1170. The number of hydrogen-bond donors (Lipinski definition) is 1. The van der Waals surface area contributed by atoms with E-state index in [4.69, 9.17) is 4.74 Å².